The van der Waals surface area contributed by atoms with Gasteiger partial charge in [0.05, 0.1) is 6.10 Å². The molecule has 28 heavy (non-hydrogen) atoms. The molecule has 2 N–H and O–H groups in total. The third kappa shape index (κ3) is 11.8. The van der Waals surface area contributed by atoms with Crippen LogP contribution in [0.15, 0.2) is 4.99 Å². The summed E-state index contributed by atoms with van der Waals surface area (Å²) in [4.78, 5) is 9.93. The maximum Gasteiger partial charge on any atom is 0.191 e. The van der Waals surface area contributed by atoms with Crippen LogP contribution in [0.4, 0.5) is 0 Å². The van der Waals surface area contributed by atoms with Crippen molar-refractivity contribution >= 4 is 29.9 Å². The predicted molar refractivity (Wildman–Crippen MR) is 132 cm³/mol. The number of nitrogens with one attached hydrogen (secondary N) is 2. The van der Waals surface area contributed by atoms with Crippen LogP contribution in [0.5, 0.6) is 0 Å². The first kappa shape index (κ1) is 27.9. The molecule has 0 bridgehead atoms. The van der Waals surface area contributed by atoms with E-state index in [1.165, 1.54) is 32.7 Å². The summed E-state index contributed by atoms with van der Waals surface area (Å²) in [6.45, 7) is 23.7. The van der Waals surface area contributed by atoms with Crippen LogP contribution in [-0.4, -0.2) is 87.4 Å². The van der Waals surface area contributed by atoms with Crippen molar-refractivity contribution in [2.45, 2.75) is 54.1 Å². The first-order valence-electron chi connectivity index (χ1n) is 11.1. The highest BCUT2D eigenvalue weighted by atomic mass is 127. The second kappa shape index (κ2) is 16.7. The number of aliphatic imine (C=N–C) groups is 1. The highest BCUT2D eigenvalue weighted by molar-refractivity contribution is 14.0. The van der Waals surface area contributed by atoms with Crippen molar-refractivity contribution < 1.29 is 4.74 Å². The third-order valence-electron chi connectivity index (χ3n) is 5.23. The number of likely N-dealkylation sites (N-methyl/N-ethyl adjacent to an activating group) is 1. The van der Waals surface area contributed by atoms with E-state index in [1.807, 2.05) is 0 Å². The first-order valence-corrected chi connectivity index (χ1v) is 11.1. The van der Waals surface area contributed by atoms with Crippen LogP contribution < -0.4 is 10.6 Å². The molecule has 1 aliphatic heterocycles. The SMILES string of the molecule is CCNC(=NCC(C)CN1CCN(CC)CC1)NCCC(OCC)C(C)C.I. The molecule has 168 valence electrons. The molecular formula is C21H46IN5O. The molecule has 1 rings (SSSR count). The summed E-state index contributed by atoms with van der Waals surface area (Å²) in [5.41, 5.74) is 0. The molecule has 1 heterocycles. The number of nitrogens with zero attached hydrogens (tertiary/aromatic N) is 3. The molecule has 0 aromatic rings. The third-order valence-corrected chi connectivity index (χ3v) is 5.23. The van der Waals surface area contributed by atoms with Gasteiger partial charge in [-0.25, -0.2) is 0 Å². The Morgan fingerprint density at radius 1 is 1.00 bits per heavy atom. The van der Waals surface area contributed by atoms with Crippen molar-refractivity contribution in [1.29, 1.82) is 0 Å². The number of halogens is 1. The van der Waals surface area contributed by atoms with E-state index in [1.54, 1.807) is 0 Å². The van der Waals surface area contributed by atoms with Gasteiger partial charge in [0.1, 0.15) is 0 Å². The van der Waals surface area contributed by atoms with Crippen LogP contribution in [0.25, 0.3) is 0 Å². The van der Waals surface area contributed by atoms with E-state index in [2.05, 4.69) is 62.0 Å². The minimum atomic E-state index is 0. The molecule has 0 aromatic carbocycles. The van der Waals surface area contributed by atoms with E-state index in [0.29, 0.717) is 17.9 Å². The zero-order valence-corrected chi connectivity index (χ0v) is 21.5. The Labute approximate surface area is 191 Å². The molecular weight excluding hydrogens is 465 g/mol. The van der Waals surface area contributed by atoms with E-state index in [-0.39, 0.29) is 24.0 Å². The normalized spacial score (nSPS) is 18.6. The smallest absolute Gasteiger partial charge is 0.191 e. The number of hydrogen-bond donors (Lipinski definition) is 2. The number of hydrogen-bond acceptors (Lipinski definition) is 4. The van der Waals surface area contributed by atoms with Crippen molar-refractivity contribution in [3.8, 4) is 0 Å². The molecule has 1 aliphatic rings. The average Bonchev–Trinajstić information content (AvgIpc) is 2.65. The number of piperazine rings is 1. The van der Waals surface area contributed by atoms with Gasteiger partial charge in [-0.15, -0.1) is 24.0 Å². The zero-order chi connectivity index (χ0) is 20.1. The fourth-order valence-electron chi connectivity index (χ4n) is 3.53. The summed E-state index contributed by atoms with van der Waals surface area (Å²) < 4.78 is 5.83. The number of ether oxygens (including phenoxy) is 1. The maximum absolute atomic E-state index is 5.83. The lowest BCUT2D eigenvalue weighted by Crippen LogP contribution is -2.47. The van der Waals surface area contributed by atoms with Crippen molar-refractivity contribution in [2.24, 2.45) is 16.8 Å². The van der Waals surface area contributed by atoms with E-state index in [9.17, 15) is 0 Å². The topological polar surface area (TPSA) is 52.1 Å². The highest BCUT2D eigenvalue weighted by Gasteiger charge is 2.17. The van der Waals surface area contributed by atoms with Crippen molar-refractivity contribution in [3.63, 3.8) is 0 Å². The molecule has 2 unspecified atom stereocenters. The number of guanidine groups is 1. The first-order chi connectivity index (χ1) is 13.0. The van der Waals surface area contributed by atoms with Crippen LogP contribution >= 0.6 is 24.0 Å². The Kier molecular flexibility index (Phi) is 16.6. The molecule has 0 saturated carbocycles. The van der Waals surface area contributed by atoms with Gasteiger partial charge in [-0.2, -0.15) is 0 Å². The summed E-state index contributed by atoms with van der Waals surface area (Å²) in [6, 6.07) is 0. The fraction of sp³-hybridized carbons (Fsp3) is 0.952. The lowest BCUT2D eigenvalue weighted by atomic mass is 10.0. The molecule has 6 nitrogen and oxygen atoms in total. The van der Waals surface area contributed by atoms with E-state index >= 15 is 0 Å². The van der Waals surface area contributed by atoms with Gasteiger partial charge in [-0.05, 0) is 38.6 Å². The quantitative estimate of drug-likeness (QED) is 0.240. The molecule has 0 aliphatic carbocycles. The van der Waals surface area contributed by atoms with Gasteiger partial charge in [-0.1, -0.05) is 27.7 Å². The second-order valence-electron chi connectivity index (χ2n) is 8.01. The van der Waals surface area contributed by atoms with E-state index in [0.717, 1.165) is 45.2 Å². The summed E-state index contributed by atoms with van der Waals surface area (Å²) in [7, 11) is 0. The minimum absolute atomic E-state index is 0. The molecule has 2 atom stereocenters. The molecule has 1 fully saturated rings. The number of rotatable bonds is 12. The predicted octanol–water partition coefficient (Wildman–Crippen LogP) is 2.88. The van der Waals surface area contributed by atoms with E-state index in [4.69, 9.17) is 9.73 Å². The van der Waals surface area contributed by atoms with Crippen LogP contribution in [-0.2, 0) is 4.74 Å². The summed E-state index contributed by atoms with van der Waals surface area (Å²) in [5.74, 6) is 2.04. The Balaban J connectivity index is 0.00000729. The Morgan fingerprint density at radius 2 is 1.64 bits per heavy atom. The fourth-order valence-corrected chi connectivity index (χ4v) is 3.53. The van der Waals surface area contributed by atoms with Crippen LogP contribution in [0.1, 0.15) is 48.0 Å². The summed E-state index contributed by atoms with van der Waals surface area (Å²) in [5, 5.41) is 6.84. The summed E-state index contributed by atoms with van der Waals surface area (Å²) in [6.07, 6.45) is 1.32. The lowest BCUT2D eigenvalue weighted by Gasteiger charge is -2.35. The monoisotopic (exact) mass is 511 g/mol. The standard InChI is InChI=1S/C21H45N5O.HI/c1-7-22-21(23-11-10-20(18(4)5)27-9-3)24-16-19(6)17-26-14-12-25(8-2)13-15-26;/h18-20H,7-17H2,1-6H3,(H2,22,23,24);1H. The minimum Gasteiger partial charge on any atom is -0.378 e. The zero-order valence-electron chi connectivity index (χ0n) is 19.2. The average molecular weight is 512 g/mol. The van der Waals surface area contributed by atoms with Gasteiger partial charge in [0.15, 0.2) is 5.96 Å². The summed E-state index contributed by atoms with van der Waals surface area (Å²) >= 11 is 0. The van der Waals surface area contributed by atoms with Crippen molar-refractivity contribution in [2.75, 3.05) is 65.5 Å². The molecule has 0 amide bonds. The van der Waals surface area contributed by atoms with Gasteiger partial charge in [0, 0.05) is 59.0 Å². The van der Waals surface area contributed by atoms with Gasteiger partial charge < -0.3 is 25.2 Å². The van der Waals surface area contributed by atoms with Crippen molar-refractivity contribution in [1.82, 2.24) is 20.4 Å². The Hall–Kier alpha value is -0.120. The Morgan fingerprint density at radius 3 is 2.18 bits per heavy atom. The second-order valence-corrected chi connectivity index (χ2v) is 8.01. The van der Waals surface area contributed by atoms with Crippen molar-refractivity contribution in [3.05, 3.63) is 0 Å². The van der Waals surface area contributed by atoms with Crippen LogP contribution in [0, 0.1) is 11.8 Å². The Bertz CT molecular complexity index is 400. The molecule has 0 radical (unpaired) electrons. The van der Waals surface area contributed by atoms with Gasteiger partial charge >= 0.3 is 0 Å². The molecule has 7 heteroatoms. The van der Waals surface area contributed by atoms with Gasteiger partial charge in [0.2, 0.25) is 0 Å². The van der Waals surface area contributed by atoms with Crippen LogP contribution in [0.2, 0.25) is 0 Å². The van der Waals surface area contributed by atoms with Gasteiger partial charge in [-0.3, -0.25) is 4.99 Å². The lowest BCUT2D eigenvalue weighted by molar-refractivity contribution is 0.0258. The van der Waals surface area contributed by atoms with Crippen LogP contribution in [0.3, 0.4) is 0 Å². The maximum atomic E-state index is 5.83. The largest absolute Gasteiger partial charge is 0.378 e. The molecule has 1 saturated heterocycles. The highest BCUT2D eigenvalue weighted by Crippen LogP contribution is 2.10. The molecule has 0 spiro atoms. The van der Waals surface area contributed by atoms with Gasteiger partial charge in [0.25, 0.3) is 0 Å². The molecule has 0 aromatic heterocycles. The van der Waals surface area contributed by atoms with E-state index < -0.39 is 0 Å².